The first-order valence-corrected chi connectivity index (χ1v) is 10.9. The molecule has 0 aliphatic carbocycles. The molecule has 0 saturated heterocycles. The number of hydrogen-bond donors (Lipinski definition) is 1. The predicted octanol–water partition coefficient (Wildman–Crippen LogP) is 4.77. The maximum Gasteiger partial charge on any atom is 0.248 e. The van der Waals surface area contributed by atoms with Crippen molar-refractivity contribution in [2.45, 2.75) is 18.7 Å². The maximum atomic E-state index is 12.7. The van der Waals surface area contributed by atoms with E-state index in [-0.39, 0.29) is 15.6 Å². The van der Waals surface area contributed by atoms with Crippen LogP contribution in [0.2, 0.25) is 5.02 Å². The van der Waals surface area contributed by atoms with Crippen molar-refractivity contribution < 1.29 is 17.6 Å². The van der Waals surface area contributed by atoms with Gasteiger partial charge in [0.25, 0.3) is 0 Å². The van der Waals surface area contributed by atoms with Gasteiger partial charge in [0.2, 0.25) is 15.9 Å². The molecule has 29 heavy (non-hydrogen) atoms. The lowest BCUT2D eigenvalue weighted by Crippen LogP contribution is -2.30. The molecule has 0 aliphatic heterocycles. The summed E-state index contributed by atoms with van der Waals surface area (Å²) in [7, 11) is -3.66. The van der Waals surface area contributed by atoms with E-state index in [4.69, 9.17) is 16.0 Å². The molecule has 0 aliphatic rings. The number of carbonyl (C=O) groups excluding carboxylic acids is 1. The van der Waals surface area contributed by atoms with Crippen LogP contribution in [0.1, 0.15) is 19.6 Å². The second-order valence-corrected chi connectivity index (χ2v) is 8.59. The standard InChI is InChI=1S/C21H21ClN2O4S/c1-3-24(4-2)29(26,27)17-10-11-18(22)19(14-17)23-21(25)12-9-16-13-15-7-5-6-8-20(15)28-16/h5-14H,3-4H2,1-2H3,(H,23,25)/b12-9+. The summed E-state index contributed by atoms with van der Waals surface area (Å²) in [5.41, 5.74) is 0.948. The Morgan fingerprint density at radius 3 is 2.55 bits per heavy atom. The zero-order chi connectivity index (χ0) is 21.0. The van der Waals surface area contributed by atoms with E-state index < -0.39 is 15.9 Å². The molecule has 1 amide bonds. The van der Waals surface area contributed by atoms with Crippen molar-refractivity contribution in [2.75, 3.05) is 18.4 Å². The van der Waals surface area contributed by atoms with Crippen molar-refractivity contribution >= 4 is 50.3 Å². The van der Waals surface area contributed by atoms with E-state index in [1.54, 1.807) is 19.9 Å². The number of para-hydroxylation sites is 1. The highest BCUT2D eigenvalue weighted by molar-refractivity contribution is 7.89. The van der Waals surface area contributed by atoms with Gasteiger partial charge in [0.15, 0.2) is 0 Å². The number of rotatable bonds is 7. The van der Waals surface area contributed by atoms with Crippen LogP contribution < -0.4 is 5.32 Å². The SMILES string of the molecule is CCN(CC)S(=O)(=O)c1ccc(Cl)c(NC(=O)/C=C/c2cc3ccccc3o2)c1. The third kappa shape index (κ3) is 4.70. The predicted molar refractivity (Wildman–Crippen MR) is 115 cm³/mol. The van der Waals surface area contributed by atoms with Crippen molar-refractivity contribution in [2.24, 2.45) is 0 Å². The Morgan fingerprint density at radius 2 is 1.86 bits per heavy atom. The van der Waals surface area contributed by atoms with Gasteiger partial charge in [-0.2, -0.15) is 4.31 Å². The number of halogens is 1. The Hall–Kier alpha value is -2.61. The summed E-state index contributed by atoms with van der Waals surface area (Å²) >= 11 is 6.14. The highest BCUT2D eigenvalue weighted by Gasteiger charge is 2.22. The molecule has 0 unspecified atom stereocenters. The zero-order valence-electron chi connectivity index (χ0n) is 16.1. The summed E-state index contributed by atoms with van der Waals surface area (Å²) in [6.07, 6.45) is 2.85. The van der Waals surface area contributed by atoms with Crippen LogP contribution in [0, 0.1) is 0 Å². The van der Waals surface area contributed by atoms with Crippen LogP contribution >= 0.6 is 11.6 Å². The number of hydrogen-bond acceptors (Lipinski definition) is 4. The van der Waals surface area contributed by atoms with Gasteiger partial charge in [-0.25, -0.2) is 8.42 Å². The minimum absolute atomic E-state index is 0.0714. The smallest absolute Gasteiger partial charge is 0.248 e. The Balaban J connectivity index is 1.79. The number of fused-ring (bicyclic) bond motifs is 1. The molecule has 1 heterocycles. The van der Waals surface area contributed by atoms with Crippen molar-refractivity contribution in [3.05, 3.63) is 65.4 Å². The van der Waals surface area contributed by atoms with Gasteiger partial charge < -0.3 is 9.73 Å². The number of anilines is 1. The minimum Gasteiger partial charge on any atom is -0.457 e. The van der Waals surface area contributed by atoms with Gasteiger partial charge in [-0.15, -0.1) is 0 Å². The molecule has 1 aromatic heterocycles. The van der Waals surface area contributed by atoms with Crippen LogP contribution in [0.25, 0.3) is 17.0 Å². The molecule has 3 aromatic rings. The third-order valence-corrected chi connectivity index (χ3v) is 6.76. The molecule has 0 radical (unpaired) electrons. The van der Waals surface area contributed by atoms with Gasteiger partial charge >= 0.3 is 0 Å². The molecule has 6 nitrogen and oxygen atoms in total. The lowest BCUT2D eigenvalue weighted by Gasteiger charge is -2.19. The van der Waals surface area contributed by atoms with Crippen molar-refractivity contribution in [1.82, 2.24) is 4.31 Å². The zero-order valence-corrected chi connectivity index (χ0v) is 17.6. The lowest BCUT2D eigenvalue weighted by molar-refractivity contribution is -0.111. The molecule has 152 valence electrons. The van der Waals surface area contributed by atoms with E-state index in [1.165, 1.54) is 28.6 Å². The molecule has 2 aromatic carbocycles. The quantitative estimate of drug-likeness (QED) is 0.545. The number of sulfonamides is 1. The molecular formula is C21H21ClN2O4S. The Bertz CT molecular complexity index is 1130. The molecule has 0 bridgehead atoms. The highest BCUT2D eigenvalue weighted by atomic mass is 35.5. The first-order valence-electron chi connectivity index (χ1n) is 9.12. The molecule has 0 atom stereocenters. The third-order valence-electron chi connectivity index (χ3n) is 4.38. The van der Waals surface area contributed by atoms with E-state index in [1.807, 2.05) is 30.3 Å². The second kappa shape index (κ2) is 8.82. The van der Waals surface area contributed by atoms with E-state index in [2.05, 4.69) is 5.32 Å². The first kappa shape index (κ1) is 21.1. The van der Waals surface area contributed by atoms with E-state index in [9.17, 15) is 13.2 Å². The van der Waals surface area contributed by atoms with Gasteiger partial charge in [0.05, 0.1) is 15.6 Å². The van der Waals surface area contributed by atoms with Gasteiger partial charge in [-0.1, -0.05) is 43.6 Å². The first-order chi connectivity index (χ1) is 13.8. The fourth-order valence-electron chi connectivity index (χ4n) is 2.89. The van der Waals surface area contributed by atoms with Crippen molar-refractivity contribution in [3.8, 4) is 0 Å². The summed E-state index contributed by atoms with van der Waals surface area (Å²) in [6, 6.07) is 13.6. The highest BCUT2D eigenvalue weighted by Crippen LogP contribution is 2.27. The molecule has 0 spiro atoms. The molecule has 1 N–H and O–H groups in total. The van der Waals surface area contributed by atoms with E-state index in [0.29, 0.717) is 18.8 Å². The van der Waals surface area contributed by atoms with Crippen molar-refractivity contribution in [1.29, 1.82) is 0 Å². The van der Waals surface area contributed by atoms with Crippen LogP contribution in [0.3, 0.4) is 0 Å². The number of carbonyl (C=O) groups is 1. The molecular weight excluding hydrogens is 412 g/mol. The van der Waals surface area contributed by atoms with Crippen LogP contribution in [-0.4, -0.2) is 31.7 Å². The monoisotopic (exact) mass is 432 g/mol. The summed E-state index contributed by atoms with van der Waals surface area (Å²) in [4.78, 5) is 12.4. The largest absolute Gasteiger partial charge is 0.457 e. The van der Waals surface area contributed by atoms with E-state index >= 15 is 0 Å². The lowest BCUT2D eigenvalue weighted by atomic mass is 10.2. The normalized spacial score (nSPS) is 12.1. The van der Waals surface area contributed by atoms with Gasteiger partial charge in [-0.3, -0.25) is 4.79 Å². The second-order valence-electron chi connectivity index (χ2n) is 6.24. The minimum atomic E-state index is -3.66. The van der Waals surface area contributed by atoms with Gasteiger partial charge in [0.1, 0.15) is 11.3 Å². The van der Waals surface area contributed by atoms with E-state index in [0.717, 1.165) is 11.0 Å². The van der Waals surface area contributed by atoms with Gasteiger partial charge in [0, 0.05) is 24.6 Å². The summed E-state index contributed by atoms with van der Waals surface area (Å²) < 4.78 is 32.3. The molecule has 3 rings (SSSR count). The molecule has 0 fully saturated rings. The summed E-state index contributed by atoms with van der Waals surface area (Å²) in [6.45, 7) is 4.23. The average Bonchev–Trinajstić information content (AvgIpc) is 3.12. The number of benzene rings is 2. The fourth-order valence-corrected chi connectivity index (χ4v) is 4.54. The van der Waals surface area contributed by atoms with Crippen LogP contribution in [0.4, 0.5) is 5.69 Å². The topological polar surface area (TPSA) is 79.6 Å². The molecule has 0 saturated carbocycles. The van der Waals surface area contributed by atoms with Crippen LogP contribution in [0.5, 0.6) is 0 Å². The van der Waals surface area contributed by atoms with Gasteiger partial charge in [-0.05, 0) is 36.4 Å². The Labute approximate surface area is 174 Å². The average molecular weight is 433 g/mol. The Morgan fingerprint density at radius 1 is 1.14 bits per heavy atom. The van der Waals surface area contributed by atoms with Crippen molar-refractivity contribution in [3.63, 3.8) is 0 Å². The van der Waals surface area contributed by atoms with Crippen LogP contribution in [0.15, 0.2) is 63.9 Å². The summed E-state index contributed by atoms with van der Waals surface area (Å²) in [5, 5.41) is 3.80. The summed E-state index contributed by atoms with van der Waals surface area (Å²) in [5.74, 6) is 0.0788. The fraction of sp³-hybridized carbons (Fsp3) is 0.190. The number of furan rings is 1. The number of amides is 1. The molecule has 8 heteroatoms. The maximum absolute atomic E-state index is 12.7. The number of nitrogens with zero attached hydrogens (tertiary/aromatic N) is 1. The Kier molecular flexibility index (Phi) is 6.42. The number of nitrogens with one attached hydrogen (secondary N) is 1. The van der Waals surface area contributed by atoms with Crippen LogP contribution in [-0.2, 0) is 14.8 Å².